The van der Waals surface area contributed by atoms with Gasteiger partial charge in [-0.15, -0.1) is 0 Å². The first-order valence-electron chi connectivity index (χ1n) is 11.3. The lowest BCUT2D eigenvalue weighted by molar-refractivity contribution is 0.102. The van der Waals surface area contributed by atoms with Gasteiger partial charge in [0.15, 0.2) is 0 Å². The molecule has 1 aliphatic rings. The van der Waals surface area contributed by atoms with Gasteiger partial charge in [-0.3, -0.25) is 4.79 Å². The summed E-state index contributed by atoms with van der Waals surface area (Å²) in [5.41, 5.74) is 2.69. The van der Waals surface area contributed by atoms with Crippen LogP contribution in [0.25, 0.3) is 16.5 Å². The van der Waals surface area contributed by atoms with Crippen LogP contribution in [-0.2, 0) is 0 Å². The van der Waals surface area contributed by atoms with E-state index in [0.717, 1.165) is 53.7 Å². The molecule has 1 amide bonds. The molecule has 0 saturated carbocycles. The Bertz CT molecular complexity index is 1160. The van der Waals surface area contributed by atoms with Crippen molar-refractivity contribution in [3.8, 4) is 5.75 Å². The molecule has 3 aromatic rings. The molecular formula is C27H30N4O2. The van der Waals surface area contributed by atoms with E-state index in [1.54, 1.807) is 24.5 Å². The normalized spacial score (nSPS) is 14.7. The Labute approximate surface area is 195 Å². The number of carbonyl (C=O) groups is 1. The summed E-state index contributed by atoms with van der Waals surface area (Å²) in [6.45, 7) is 7.80. The lowest BCUT2D eigenvalue weighted by Crippen LogP contribution is -2.34. The summed E-state index contributed by atoms with van der Waals surface area (Å²) in [6.07, 6.45) is 7.82. The van der Waals surface area contributed by atoms with Gasteiger partial charge in [-0.05, 0) is 86.4 Å². The van der Waals surface area contributed by atoms with Crippen molar-refractivity contribution in [3.05, 3.63) is 84.7 Å². The van der Waals surface area contributed by atoms with Crippen LogP contribution in [0.5, 0.6) is 5.75 Å². The number of hydrogen-bond acceptors (Lipinski definition) is 5. The van der Waals surface area contributed by atoms with Crippen LogP contribution in [0, 0.1) is 0 Å². The first kappa shape index (κ1) is 22.6. The molecule has 33 heavy (non-hydrogen) atoms. The van der Waals surface area contributed by atoms with Gasteiger partial charge < -0.3 is 20.3 Å². The predicted octanol–water partition coefficient (Wildman–Crippen LogP) is 5.05. The van der Waals surface area contributed by atoms with Crippen LogP contribution >= 0.6 is 0 Å². The van der Waals surface area contributed by atoms with Gasteiger partial charge in [-0.25, -0.2) is 4.98 Å². The fourth-order valence-corrected chi connectivity index (χ4v) is 4.02. The van der Waals surface area contributed by atoms with Crippen molar-refractivity contribution in [1.29, 1.82) is 0 Å². The highest BCUT2D eigenvalue weighted by molar-refractivity contribution is 6.04. The molecule has 0 unspecified atom stereocenters. The Kier molecular flexibility index (Phi) is 7.05. The van der Waals surface area contributed by atoms with E-state index in [4.69, 9.17) is 4.74 Å². The van der Waals surface area contributed by atoms with E-state index in [0.29, 0.717) is 11.4 Å². The standard InChI is InChI=1S/C27H30N4O2/c1-4-25(31(3)5-2)20-6-7-21-18-29-26(17-22(21)16-20)30-27(32)19-8-10-23(11-9-19)33-24-12-14-28-15-13-24/h4-11,16-18,24,28H,2,12-15H2,1,3H3,(H,29,30,32)/b25-4-. The maximum Gasteiger partial charge on any atom is 0.256 e. The fraction of sp³-hybridized carbons (Fsp3) is 0.259. The summed E-state index contributed by atoms with van der Waals surface area (Å²) in [4.78, 5) is 19.2. The number of allylic oxidation sites excluding steroid dienone is 1. The maximum atomic E-state index is 12.8. The van der Waals surface area contributed by atoms with Gasteiger partial charge in [0.05, 0.1) is 0 Å². The number of rotatable bonds is 7. The van der Waals surface area contributed by atoms with Crippen LogP contribution in [0.1, 0.15) is 35.7 Å². The van der Waals surface area contributed by atoms with E-state index in [1.165, 1.54) is 0 Å². The summed E-state index contributed by atoms with van der Waals surface area (Å²) in [6, 6.07) is 15.4. The number of aromatic nitrogens is 1. The molecule has 0 radical (unpaired) electrons. The van der Waals surface area contributed by atoms with Gasteiger partial charge in [-0.1, -0.05) is 24.8 Å². The second-order valence-electron chi connectivity index (χ2n) is 8.14. The molecule has 2 heterocycles. The summed E-state index contributed by atoms with van der Waals surface area (Å²) in [7, 11) is 1.97. The van der Waals surface area contributed by atoms with Gasteiger partial charge >= 0.3 is 0 Å². The molecular weight excluding hydrogens is 412 g/mol. The van der Waals surface area contributed by atoms with Crippen LogP contribution in [-0.4, -0.2) is 42.0 Å². The molecule has 0 spiro atoms. The van der Waals surface area contributed by atoms with Crippen molar-refractivity contribution in [3.63, 3.8) is 0 Å². The number of carbonyl (C=O) groups excluding carboxylic acids is 1. The van der Waals surface area contributed by atoms with E-state index < -0.39 is 0 Å². The second kappa shape index (κ2) is 10.3. The van der Waals surface area contributed by atoms with Crippen LogP contribution in [0.3, 0.4) is 0 Å². The Morgan fingerprint density at radius 3 is 2.55 bits per heavy atom. The third-order valence-electron chi connectivity index (χ3n) is 5.89. The average molecular weight is 443 g/mol. The van der Waals surface area contributed by atoms with E-state index in [9.17, 15) is 4.79 Å². The van der Waals surface area contributed by atoms with Crippen molar-refractivity contribution in [1.82, 2.24) is 15.2 Å². The third kappa shape index (κ3) is 5.41. The van der Waals surface area contributed by atoms with Gasteiger partial charge in [0.1, 0.15) is 17.7 Å². The average Bonchev–Trinajstić information content (AvgIpc) is 2.85. The van der Waals surface area contributed by atoms with Crippen LogP contribution in [0.15, 0.2) is 73.6 Å². The number of piperidine rings is 1. The molecule has 2 N–H and O–H groups in total. The first-order chi connectivity index (χ1) is 16.1. The van der Waals surface area contributed by atoms with Crippen molar-refractivity contribution < 1.29 is 9.53 Å². The number of amides is 1. The Morgan fingerprint density at radius 1 is 1.12 bits per heavy atom. The molecule has 1 fully saturated rings. The zero-order valence-corrected chi connectivity index (χ0v) is 19.2. The lowest BCUT2D eigenvalue weighted by atomic mass is 10.1. The molecule has 2 aromatic carbocycles. The number of hydrogen-bond donors (Lipinski definition) is 2. The first-order valence-corrected chi connectivity index (χ1v) is 11.3. The van der Waals surface area contributed by atoms with Crippen molar-refractivity contribution in [2.24, 2.45) is 0 Å². The van der Waals surface area contributed by atoms with Gasteiger partial charge in [0.2, 0.25) is 0 Å². The maximum absolute atomic E-state index is 12.8. The molecule has 0 bridgehead atoms. The largest absolute Gasteiger partial charge is 0.490 e. The predicted molar refractivity (Wildman–Crippen MR) is 134 cm³/mol. The highest BCUT2D eigenvalue weighted by Crippen LogP contribution is 2.25. The SMILES string of the molecule is C=CN(C)/C(=C\C)c1ccc2cnc(NC(=O)c3ccc(OC4CCNCC4)cc3)cc2c1. The summed E-state index contributed by atoms with van der Waals surface area (Å²) >= 11 is 0. The zero-order chi connectivity index (χ0) is 23.2. The summed E-state index contributed by atoms with van der Waals surface area (Å²) < 4.78 is 6.02. The van der Waals surface area contributed by atoms with Crippen molar-refractivity contribution in [2.45, 2.75) is 25.9 Å². The molecule has 4 rings (SSSR count). The molecule has 170 valence electrons. The molecule has 1 aromatic heterocycles. The van der Waals surface area contributed by atoms with E-state index >= 15 is 0 Å². The molecule has 1 aliphatic heterocycles. The molecule has 0 aliphatic carbocycles. The highest BCUT2D eigenvalue weighted by atomic mass is 16.5. The number of anilines is 1. The molecule has 6 heteroatoms. The molecule has 0 atom stereocenters. The third-order valence-corrected chi connectivity index (χ3v) is 5.89. The van der Waals surface area contributed by atoms with E-state index in [2.05, 4.69) is 34.3 Å². The smallest absolute Gasteiger partial charge is 0.256 e. The quantitative estimate of drug-likeness (QED) is 0.536. The molecule has 1 saturated heterocycles. The van der Waals surface area contributed by atoms with Crippen LogP contribution in [0.2, 0.25) is 0 Å². The number of nitrogens with one attached hydrogen (secondary N) is 2. The van der Waals surface area contributed by atoms with Crippen molar-refractivity contribution in [2.75, 3.05) is 25.5 Å². The number of ether oxygens (including phenoxy) is 1. The van der Waals surface area contributed by atoms with Gasteiger partial charge in [-0.2, -0.15) is 0 Å². The van der Waals surface area contributed by atoms with Gasteiger partial charge in [0, 0.05) is 29.9 Å². The minimum absolute atomic E-state index is 0.202. The Balaban J connectivity index is 1.47. The molecule has 6 nitrogen and oxygen atoms in total. The van der Waals surface area contributed by atoms with Crippen molar-refractivity contribution >= 4 is 28.2 Å². The number of pyridine rings is 1. The number of nitrogens with zero attached hydrogens (tertiary/aromatic N) is 2. The van der Waals surface area contributed by atoms with E-state index in [1.807, 2.05) is 49.2 Å². The highest BCUT2D eigenvalue weighted by Gasteiger charge is 2.15. The zero-order valence-electron chi connectivity index (χ0n) is 19.2. The van der Waals surface area contributed by atoms with E-state index in [-0.39, 0.29) is 12.0 Å². The number of fused-ring (bicyclic) bond motifs is 1. The summed E-state index contributed by atoms with van der Waals surface area (Å²) in [5.74, 6) is 1.10. The number of benzene rings is 2. The Hall–Kier alpha value is -3.64. The summed E-state index contributed by atoms with van der Waals surface area (Å²) in [5, 5.41) is 8.25. The van der Waals surface area contributed by atoms with Crippen LogP contribution in [0.4, 0.5) is 5.82 Å². The van der Waals surface area contributed by atoms with Crippen LogP contribution < -0.4 is 15.4 Å². The minimum atomic E-state index is -0.202. The lowest BCUT2D eigenvalue weighted by Gasteiger charge is -2.23. The fourth-order valence-electron chi connectivity index (χ4n) is 4.02. The van der Waals surface area contributed by atoms with Gasteiger partial charge in [0.25, 0.3) is 5.91 Å². The Morgan fingerprint density at radius 2 is 1.85 bits per heavy atom. The monoisotopic (exact) mass is 442 g/mol. The minimum Gasteiger partial charge on any atom is -0.490 e. The second-order valence-corrected chi connectivity index (χ2v) is 8.14. The topological polar surface area (TPSA) is 66.5 Å².